The third-order valence-corrected chi connectivity index (χ3v) is 11.6. The summed E-state index contributed by atoms with van der Waals surface area (Å²) in [6.45, 7) is 4.32. The monoisotopic (exact) mass is 430 g/mol. The zero-order chi connectivity index (χ0) is 17.0. The van der Waals surface area contributed by atoms with E-state index >= 15 is 0 Å². The maximum Gasteiger partial charge on any atom is 0.0659 e. The van der Waals surface area contributed by atoms with Crippen molar-refractivity contribution in [3.05, 3.63) is 102 Å². The molecule has 4 heteroatoms. The molecule has 0 spiro atoms. The molecule has 0 bridgehead atoms. The molecule has 0 aliphatic rings. The lowest BCUT2D eigenvalue weighted by atomic mass is 10.2. The van der Waals surface area contributed by atoms with E-state index in [9.17, 15) is 0 Å². The van der Waals surface area contributed by atoms with Crippen LogP contribution in [0.2, 0.25) is 0 Å². The highest BCUT2D eigenvalue weighted by Gasteiger charge is 2.25. The summed E-state index contributed by atoms with van der Waals surface area (Å²) in [5.74, 6) is 0. The van der Waals surface area contributed by atoms with Crippen molar-refractivity contribution < 1.29 is 0 Å². The van der Waals surface area contributed by atoms with Gasteiger partial charge in [-0.15, -0.1) is 0 Å². The van der Waals surface area contributed by atoms with Crippen LogP contribution in [0.15, 0.2) is 96.0 Å². The van der Waals surface area contributed by atoms with Crippen LogP contribution in [0.4, 0.5) is 0 Å². The SMILES string of the molecule is C=C(SP(=S)(c1ccccc1)c1ccccc1)c1ccccc1Br. The number of hydrogen-bond acceptors (Lipinski definition) is 2. The Morgan fingerprint density at radius 3 is 1.75 bits per heavy atom. The molecule has 0 aliphatic heterocycles. The summed E-state index contributed by atoms with van der Waals surface area (Å²) in [4.78, 5) is 0.999. The zero-order valence-electron chi connectivity index (χ0n) is 12.9. The van der Waals surface area contributed by atoms with Crippen molar-refractivity contribution in [2.24, 2.45) is 0 Å². The van der Waals surface area contributed by atoms with E-state index in [2.05, 4.69) is 77.1 Å². The van der Waals surface area contributed by atoms with Crippen molar-refractivity contribution in [3.8, 4) is 0 Å². The first-order valence-corrected chi connectivity index (χ1v) is 12.5. The van der Waals surface area contributed by atoms with Crippen molar-refractivity contribution in [1.29, 1.82) is 0 Å². The smallest absolute Gasteiger partial charge is 0.0659 e. The summed E-state index contributed by atoms with van der Waals surface area (Å²) >= 11 is 11.6. The van der Waals surface area contributed by atoms with Gasteiger partial charge in [-0.3, -0.25) is 0 Å². The minimum Gasteiger partial charge on any atom is -0.0843 e. The Kier molecular flexibility index (Phi) is 5.78. The van der Waals surface area contributed by atoms with Gasteiger partial charge >= 0.3 is 0 Å². The largest absolute Gasteiger partial charge is 0.0843 e. The molecule has 0 saturated heterocycles. The molecule has 0 amide bonds. The Labute approximate surface area is 160 Å². The third-order valence-electron chi connectivity index (χ3n) is 3.61. The third kappa shape index (κ3) is 3.75. The fourth-order valence-electron chi connectivity index (χ4n) is 2.39. The Balaban J connectivity index is 2.06. The van der Waals surface area contributed by atoms with Gasteiger partial charge < -0.3 is 0 Å². The molecular weight excluding hydrogens is 415 g/mol. The van der Waals surface area contributed by atoms with E-state index in [1.165, 1.54) is 10.6 Å². The molecule has 0 nitrogen and oxygen atoms in total. The van der Waals surface area contributed by atoms with Crippen LogP contribution < -0.4 is 10.6 Å². The molecule has 3 aromatic carbocycles. The van der Waals surface area contributed by atoms with Crippen molar-refractivity contribution in [1.82, 2.24) is 0 Å². The van der Waals surface area contributed by atoms with Crippen LogP contribution in [0, 0.1) is 0 Å². The number of benzene rings is 3. The number of halogens is 1. The molecule has 24 heavy (non-hydrogen) atoms. The van der Waals surface area contributed by atoms with Gasteiger partial charge in [-0.2, -0.15) is 0 Å². The van der Waals surface area contributed by atoms with E-state index in [0.29, 0.717) is 0 Å². The number of hydrogen-bond donors (Lipinski definition) is 0. The molecule has 0 saturated carbocycles. The van der Waals surface area contributed by atoms with Crippen LogP contribution in [-0.2, 0) is 11.8 Å². The maximum absolute atomic E-state index is 6.25. The average molecular weight is 431 g/mol. The summed E-state index contributed by atoms with van der Waals surface area (Å²) in [7, 11) is 0. The van der Waals surface area contributed by atoms with E-state index in [0.717, 1.165) is 14.9 Å². The molecule has 0 atom stereocenters. The fourth-order valence-corrected chi connectivity index (χ4v) is 9.40. The van der Waals surface area contributed by atoms with Crippen molar-refractivity contribution in [2.75, 3.05) is 0 Å². The lowest BCUT2D eigenvalue weighted by Crippen LogP contribution is -2.13. The molecule has 3 aromatic rings. The standard InChI is InChI=1S/C20H16BrPS2/c1-16(19-14-8-9-15-20(19)21)24-22(23,17-10-4-2-5-11-17)18-12-6-3-7-13-18/h2-15H,1H2. The molecule has 0 radical (unpaired) electrons. The van der Waals surface area contributed by atoms with Gasteiger partial charge in [0.1, 0.15) is 0 Å². The summed E-state index contributed by atoms with van der Waals surface area (Å²) in [5.41, 5.74) is 1.10. The summed E-state index contributed by atoms with van der Waals surface area (Å²) in [6.07, 6.45) is 0. The lowest BCUT2D eigenvalue weighted by Gasteiger charge is -2.24. The molecule has 0 unspecified atom stereocenters. The number of rotatable bonds is 5. The second kappa shape index (κ2) is 7.84. The van der Waals surface area contributed by atoms with Crippen LogP contribution >= 0.6 is 32.6 Å². The van der Waals surface area contributed by atoms with Gasteiger partial charge in [-0.1, -0.05) is 125 Å². The van der Waals surface area contributed by atoms with Gasteiger partial charge in [0.2, 0.25) is 0 Å². The molecule has 0 aliphatic carbocycles. The fraction of sp³-hybridized carbons (Fsp3) is 0. The van der Waals surface area contributed by atoms with Crippen LogP contribution in [-0.4, -0.2) is 0 Å². The lowest BCUT2D eigenvalue weighted by molar-refractivity contribution is 1.60. The van der Waals surface area contributed by atoms with Crippen LogP contribution in [0.3, 0.4) is 0 Å². The average Bonchev–Trinajstić information content (AvgIpc) is 2.63. The molecule has 0 N–H and O–H groups in total. The summed E-state index contributed by atoms with van der Waals surface area (Å²) < 4.78 is 1.05. The molecule has 0 aromatic heterocycles. The predicted octanol–water partition coefficient (Wildman–Crippen LogP) is 6.20. The Morgan fingerprint density at radius 1 is 0.792 bits per heavy atom. The van der Waals surface area contributed by atoms with Gasteiger partial charge in [0, 0.05) is 14.9 Å². The zero-order valence-corrected chi connectivity index (χ0v) is 17.0. The normalized spacial score (nSPS) is 11.2. The highest BCUT2D eigenvalue weighted by molar-refractivity contribution is 9.10. The Hall–Kier alpha value is -1.12. The van der Waals surface area contributed by atoms with Crippen LogP contribution in [0.1, 0.15) is 5.56 Å². The van der Waals surface area contributed by atoms with Crippen molar-refractivity contribution in [3.63, 3.8) is 0 Å². The first-order chi connectivity index (χ1) is 11.6. The van der Waals surface area contributed by atoms with Crippen LogP contribution in [0.25, 0.3) is 4.91 Å². The molecule has 0 heterocycles. The van der Waals surface area contributed by atoms with Gasteiger partial charge in [0.15, 0.2) is 0 Å². The topological polar surface area (TPSA) is 0 Å². The highest BCUT2D eigenvalue weighted by atomic mass is 79.9. The second-order valence-electron chi connectivity index (χ2n) is 5.22. The van der Waals surface area contributed by atoms with E-state index in [4.69, 9.17) is 11.8 Å². The molecule has 3 rings (SSSR count). The Morgan fingerprint density at radius 2 is 1.25 bits per heavy atom. The molecule has 120 valence electrons. The van der Waals surface area contributed by atoms with Crippen molar-refractivity contribution >= 4 is 59.9 Å². The van der Waals surface area contributed by atoms with Gasteiger partial charge in [-0.25, -0.2) is 0 Å². The first kappa shape index (κ1) is 17.7. The first-order valence-electron chi connectivity index (χ1n) is 7.46. The van der Waals surface area contributed by atoms with Crippen LogP contribution in [0.5, 0.6) is 0 Å². The van der Waals surface area contributed by atoms with Crippen molar-refractivity contribution in [2.45, 2.75) is 0 Å². The van der Waals surface area contributed by atoms with E-state index in [1.54, 1.807) is 11.4 Å². The predicted molar refractivity (Wildman–Crippen MR) is 117 cm³/mol. The molecular formula is C20H16BrPS2. The van der Waals surface area contributed by atoms with E-state index < -0.39 is 5.24 Å². The van der Waals surface area contributed by atoms with Gasteiger partial charge in [0.25, 0.3) is 0 Å². The Bertz CT molecular complexity index is 848. The highest BCUT2D eigenvalue weighted by Crippen LogP contribution is 2.62. The van der Waals surface area contributed by atoms with Gasteiger partial charge in [0.05, 0.1) is 5.24 Å². The minimum atomic E-state index is -2.04. The van der Waals surface area contributed by atoms with Gasteiger partial charge in [-0.05, 0) is 16.7 Å². The van der Waals surface area contributed by atoms with E-state index in [1.807, 2.05) is 30.3 Å². The maximum atomic E-state index is 6.25. The quantitative estimate of drug-likeness (QED) is 0.442. The second-order valence-corrected chi connectivity index (χ2v) is 13.4. The van der Waals surface area contributed by atoms with E-state index in [-0.39, 0.29) is 0 Å². The summed E-state index contributed by atoms with van der Waals surface area (Å²) in [6, 6.07) is 29.0. The molecule has 0 fully saturated rings. The summed E-state index contributed by atoms with van der Waals surface area (Å²) in [5, 5.41) is 0.361. The minimum absolute atomic E-state index is 0.999.